The quantitative estimate of drug-likeness (QED) is 0.872. The third kappa shape index (κ3) is 4.53. The van der Waals surface area contributed by atoms with Crippen LogP contribution >= 0.6 is 0 Å². The molecule has 0 aromatic heterocycles. The maximum Gasteiger partial charge on any atom is 0.119 e. The molecule has 0 bridgehead atoms. The van der Waals surface area contributed by atoms with Gasteiger partial charge in [0.25, 0.3) is 0 Å². The third-order valence-electron chi connectivity index (χ3n) is 4.85. The Morgan fingerprint density at radius 1 is 1.24 bits per heavy atom. The first-order valence-electron chi connectivity index (χ1n) is 8.96. The number of methoxy groups -OCH3 is 1. The van der Waals surface area contributed by atoms with Gasteiger partial charge < -0.3 is 19.7 Å². The predicted molar refractivity (Wildman–Crippen MR) is 103 cm³/mol. The SMILES string of the molecule is COc1cccc(C(C)NCC2COCCN2c2ccc(C)cc2)c1. The van der Waals surface area contributed by atoms with E-state index in [0.29, 0.717) is 6.04 Å². The minimum Gasteiger partial charge on any atom is -0.497 e. The van der Waals surface area contributed by atoms with E-state index < -0.39 is 0 Å². The van der Waals surface area contributed by atoms with Gasteiger partial charge in [-0.25, -0.2) is 0 Å². The number of rotatable bonds is 6. The zero-order valence-corrected chi connectivity index (χ0v) is 15.4. The molecule has 25 heavy (non-hydrogen) atoms. The van der Waals surface area contributed by atoms with Gasteiger partial charge >= 0.3 is 0 Å². The Balaban J connectivity index is 1.64. The highest BCUT2D eigenvalue weighted by molar-refractivity contribution is 5.49. The number of ether oxygens (including phenoxy) is 2. The van der Waals surface area contributed by atoms with Gasteiger partial charge in [-0.1, -0.05) is 29.8 Å². The van der Waals surface area contributed by atoms with Gasteiger partial charge in [0, 0.05) is 24.8 Å². The van der Waals surface area contributed by atoms with E-state index in [1.165, 1.54) is 16.8 Å². The van der Waals surface area contributed by atoms with Crippen LogP contribution in [-0.4, -0.2) is 39.5 Å². The average Bonchev–Trinajstić information content (AvgIpc) is 2.67. The number of nitrogens with zero attached hydrogens (tertiary/aromatic N) is 1. The van der Waals surface area contributed by atoms with E-state index in [9.17, 15) is 0 Å². The van der Waals surface area contributed by atoms with Gasteiger partial charge in [0.15, 0.2) is 0 Å². The van der Waals surface area contributed by atoms with Crippen molar-refractivity contribution in [1.29, 1.82) is 0 Å². The Hall–Kier alpha value is -2.04. The van der Waals surface area contributed by atoms with Crippen LogP contribution in [0.2, 0.25) is 0 Å². The molecule has 0 radical (unpaired) electrons. The maximum absolute atomic E-state index is 5.73. The van der Waals surface area contributed by atoms with Gasteiger partial charge in [-0.05, 0) is 43.7 Å². The van der Waals surface area contributed by atoms with E-state index in [1.807, 2.05) is 12.1 Å². The molecule has 2 aromatic rings. The zero-order valence-electron chi connectivity index (χ0n) is 15.4. The minimum absolute atomic E-state index is 0.261. The van der Waals surface area contributed by atoms with Crippen molar-refractivity contribution in [1.82, 2.24) is 5.32 Å². The summed E-state index contributed by atoms with van der Waals surface area (Å²) in [4.78, 5) is 2.45. The van der Waals surface area contributed by atoms with E-state index in [0.717, 1.165) is 32.1 Å². The van der Waals surface area contributed by atoms with E-state index in [1.54, 1.807) is 7.11 Å². The average molecular weight is 340 g/mol. The highest BCUT2D eigenvalue weighted by atomic mass is 16.5. The van der Waals surface area contributed by atoms with Crippen LogP contribution in [0.15, 0.2) is 48.5 Å². The summed E-state index contributed by atoms with van der Waals surface area (Å²) in [6.07, 6.45) is 0. The Bertz CT molecular complexity index is 672. The fraction of sp³-hybridized carbons (Fsp3) is 0.429. The zero-order chi connectivity index (χ0) is 17.6. The second-order valence-corrected chi connectivity index (χ2v) is 6.66. The molecule has 2 unspecified atom stereocenters. The van der Waals surface area contributed by atoms with E-state index in [4.69, 9.17) is 9.47 Å². The molecule has 0 saturated carbocycles. The van der Waals surface area contributed by atoms with Crippen LogP contribution in [0.25, 0.3) is 0 Å². The number of nitrogens with one attached hydrogen (secondary N) is 1. The van der Waals surface area contributed by atoms with Crippen molar-refractivity contribution in [2.24, 2.45) is 0 Å². The van der Waals surface area contributed by atoms with E-state index in [-0.39, 0.29) is 6.04 Å². The highest BCUT2D eigenvalue weighted by Gasteiger charge is 2.23. The third-order valence-corrected chi connectivity index (χ3v) is 4.85. The molecule has 134 valence electrons. The predicted octanol–water partition coefficient (Wildman–Crippen LogP) is 3.56. The van der Waals surface area contributed by atoms with Crippen molar-refractivity contribution < 1.29 is 9.47 Å². The smallest absolute Gasteiger partial charge is 0.119 e. The largest absolute Gasteiger partial charge is 0.497 e. The molecule has 4 nitrogen and oxygen atoms in total. The molecule has 1 heterocycles. The first kappa shape index (κ1) is 17.8. The van der Waals surface area contributed by atoms with Crippen LogP contribution in [0.4, 0.5) is 5.69 Å². The van der Waals surface area contributed by atoms with Gasteiger partial charge in [0.2, 0.25) is 0 Å². The lowest BCUT2D eigenvalue weighted by Gasteiger charge is -2.38. The molecule has 0 spiro atoms. The molecule has 1 aliphatic heterocycles. The molecule has 2 aromatic carbocycles. The summed E-state index contributed by atoms with van der Waals surface area (Å²) in [7, 11) is 1.70. The number of hydrogen-bond acceptors (Lipinski definition) is 4. The van der Waals surface area contributed by atoms with Crippen molar-refractivity contribution >= 4 is 5.69 Å². The van der Waals surface area contributed by atoms with Crippen molar-refractivity contribution in [2.45, 2.75) is 25.9 Å². The normalized spacial score (nSPS) is 18.8. The fourth-order valence-corrected chi connectivity index (χ4v) is 3.24. The van der Waals surface area contributed by atoms with Crippen molar-refractivity contribution in [2.75, 3.05) is 38.3 Å². The van der Waals surface area contributed by atoms with Crippen LogP contribution in [0.3, 0.4) is 0 Å². The Kier molecular flexibility index (Phi) is 5.95. The minimum atomic E-state index is 0.261. The molecule has 4 heteroatoms. The Morgan fingerprint density at radius 2 is 2.04 bits per heavy atom. The van der Waals surface area contributed by atoms with E-state index in [2.05, 4.69) is 60.5 Å². The van der Waals surface area contributed by atoms with Crippen molar-refractivity contribution in [3.05, 3.63) is 59.7 Å². The first-order valence-corrected chi connectivity index (χ1v) is 8.96. The standard InChI is InChI=1S/C21H28N2O2/c1-16-7-9-19(10-8-16)23-11-12-25-15-20(23)14-22-17(2)18-5-4-6-21(13-18)24-3/h4-10,13,17,20,22H,11-12,14-15H2,1-3H3. The second-order valence-electron chi connectivity index (χ2n) is 6.66. The summed E-state index contributed by atoms with van der Waals surface area (Å²) in [5, 5.41) is 3.65. The Labute approximate surface area is 150 Å². The highest BCUT2D eigenvalue weighted by Crippen LogP contribution is 2.22. The summed E-state index contributed by atoms with van der Waals surface area (Å²) < 4.78 is 11.1. The first-order chi connectivity index (χ1) is 12.2. The van der Waals surface area contributed by atoms with Gasteiger partial charge in [-0.2, -0.15) is 0 Å². The number of morpholine rings is 1. The summed E-state index contributed by atoms with van der Waals surface area (Å²) >= 11 is 0. The summed E-state index contributed by atoms with van der Waals surface area (Å²) in [6.45, 7) is 7.67. The lowest BCUT2D eigenvalue weighted by Crippen LogP contribution is -2.50. The van der Waals surface area contributed by atoms with Crippen LogP contribution in [0, 0.1) is 6.92 Å². The van der Waals surface area contributed by atoms with Crippen LogP contribution in [0.1, 0.15) is 24.1 Å². The van der Waals surface area contributed by atoms with Gasteiger partial charge in [0.05, 0.1) is 26.4 Å². The van der Waals surface area contributed by atoms with Crippen LogP contribution in [-0.2, 0) is 4.74 Å². The Morgan fingerprint density at radius 3 is 2.80 bits per heavy atom. The lowest BCUT2D eigenvalue weighted by molar-refractivity contribution is 0.0930. The molecule has 3 rings (SSSR count). The summed E-state index contributed by atoms with van der Waals surface area (Å²) in [6, 6.07) is 17.6. The van der Waals surface area contributed by atoms with Gasteiger partial charge in [-0.3, -0.25) is 0 Å². The van der Waals surface area contributed by atoms with Crippen LogP contribution in [0.5, 0.6) is 5.75 Å². The number of aryl methyl sites for hydroxylation is 1. The molecular formula is C21H28N2O2. The molecule has 0 amide bonds. The van der Waals surface area contributed by atoms with Crippen molar-refractivity contribution in [3.8, 4) is 5.75 Å². The molecule has 0 aliphatic carbocycles. The molecular weight excluding hydrogens is 312 g/mol. The van der Waals surface area contributed by atoms with Gasteiger partial charge in [-0.15, -0.1) is 0 Å². The molecule has 1 aliphatic rings. The lowest BCUT2D eigenvalue weighted by atomic mass is 10.1. The summed E-state index contributed by atoms with van der Waals surface area (Å²) in [5.74, 6) is 0.897. The molecule has 1 N–H and O–H groups in total. The molecule has 2 atom stereocenters. The van der Waals surface area contributed by atoms with Gasteiger partial charge in [0.1, 0.15) is 5.75 Å². The van der Waals surface area contributed by atoms with Crippen LogP contribution < -0.4 is 15.0 Å². The van der Waals surface area contributed by atoms with E-state index >= 15 is 0 Å². The van der Waals surface area contributed by atoms with Crippen molar-refractivity contribution in [3.63, 3.8) is 0 Å². The fourth-order valence-electron chi connectivity index (χ4n) is 3.24. The molecule has 1 saturated heterocycles. The molecule has 1 fully saturated rings. The second kappa shape index (κ2) is 8.37. The maximum atomic E-state index is 5.73. The monoisotopic (exact) mass is 340 g/mol. The number of hydrogen-bond donors (Lipinski definition) is 1. The number of anilines is 1. The topological polar surface area (TPSA) is 33.7 Å². The number of benzene rings is 2. The summed E-state index contributed by atoms with van der Waals surface area (Å²) in [5.41, 5.74) is 3.80.